The third-order valence-electron chi connectivity index (χ3n) is 5.85. The first-order chi connectivity index (χ1) is 14.4. The minimum atomic E-state index is -0.762. The van der Waals surface area contributed by atoms with Crippen molar-refractivity contribution in [3.8, 4) is 5.75 Å². The number of methoxy groups -OCH3 is 1. The van der Waals surface area contributed by atoms with E-state index >= 15 is 0 Å². The van der Waals surface area contributed by atoms with Gasteiger partial charge in [-0.15, -0.1) is 5.10 Å². The van der Waals surface area contributed by atoms with Gasteiger partial charge in [0.2, 0.25) is 0 Å². The lowest BCUT2D eigenvalue weighted by molar-refractivity contribution is -0.146. The van der Waals surface area contributed by atoms with Gasteiger partial charge in [0.15, 0.2) is 0 Å². The largest absolute Gasteiger partial charge is 0.487 e. The van der Waals surface area contributed by atoms with Crippen molar-refractivity contribution in [1.82, 2.24) is 30.0 Å². The topological polar surface area (TPSA) is 103 Å². The lowest BCUT2D eigenvalue weighted by atomic mass is 9.84. The minimum absolute atomic E-state index is 0.0194. The zero-order chi connectivity index (χ0) is 21.3. The number of nitrogens with zero attached hydrogens (tertiary/aromatic N) is 6. The second-order valence-corrected chi connectivity index (χ2v) is 8.25. The van der Waals surface area contributed by atoms with Crippen LogP contribution in [0.3, 0.4) is 0 Å². The van der Waals surface area contributed by atoms with E-state index < -0.39 is 5.41 Å². The van der Waals surface area contributed by atoms with Gasteiger partial charge in [0.1, 0.15) is 18.2 Å². The molecular weight excluding hydrogens is 388 g/mol. The van der Waals surface area contributed by atoms with Crippen molar-refractivity contribution in [2.24, 2.45) is 0 Å². The quantitative estimate of drug-likeness (QED) is 0.679. The average molecular weight is 414 g/mol. The maximum atomic E-state index is 12.7. The van der Waals surface area contributed by atoms with Gasteiger partial charge in [0, 0.05) is 13.1 Å². The number of hydrogen-bond donors (Lipinski definition) is 0. The van der Waals surface area contributed by atoms with E-state index in [0.29, 0.717) is 31.9 Å². The van der Waals surface area contributed by atoms with Crippen LogP contribution in [0.2, 0.25) is 0 Å². The summed E-state index contributed by atoms with van der Waals surface area (Å²) in [6.45, 7) is 6.01. The summed E-state index contributed by atoms with van der Waals surface area (Å²) < 4.78 is 12.6. The number of benzene rings is 1. The molecule has 0 radical (unpaired) electrons. The van der Waals surface area contributed by atoms with E-state index in [1.54, 1.807) is 15.9 Å². The van der Waals surface area contributed by atoms with Crippen LogP contribution in [0.1, 0.15) is 31.9 Å². The zero-order valence-electron chi connectivity index (χ0n) is 17.4. The number of aromatic nitrogens is 4. The number of carbonyl (C=O) groups excluding carboxylic acids is 2. The number of tetrazole rings is 1. The van der Waals surface area contributed by atoms with Crippen LogP contribution < -0.4 is 4.74 Å². The van der Waals surface area contributed by atoms with Crippen LogP contribution in [0, 0.1) is 0 Å². The Morgan fingerprint density at radius 3 is 2.67 bits per heavy atom. The van der Waals surface area contributed by atoms with Gasteiger partial charge in [0.25, 0.3) is 0 Å². The van der Waals surface area contributed by atoms with E-state index in [2.05, 4.69) is 15.5 Å². The molecule has 0 N–H and O–H groups in total. The van der Waals surface area contributed by atoms with Crippen molar-refractivity contribution < 1.29 is 19.1 Å². The molecule has 0 bridgehead atoms. The SMILES string of the molecule is COC(=O)C(C)(C)c1cccc(OC2CN(C(=O)N3CC[C@H](n4cnnn4)C3)C2)c1. The summed E-state index contributed by atoms with van der Waals surface area (Å²) in [7, 11) is 1.38. The molecule has 0 aliphatic carbocycles. The van der Waals surface area contributed by atoms with Crippen molar-refractivity contribution in [3.05, 3.63) is 36.2 Å². The third kappa shape index (κ3) is 3.81. The smallest absolute Gasteiger partial charge is 0.320 e. The first-order valence-electron chi connectivity index (χ1n) is 10.0. The number of hydrogen-bond acceptors (Lipinski definition) is 7. The van der Waals surface area contributed by atoms with E-state index in [1.807, 2.05) is 43.0 Å². The summed E-state index contributed by atoms with van der Waals surface area (Å²) in [5.41, 5.74) is 0.0616. The summed E-state index contributed by atoms with van der Waals surface area (Å²) >= 11 is 0. The fourth-order valence-electron chi connectivity index (χ4n) is 3.86. The van der Waals surface area contributed by atoms with E-state index in [-0.39, 0.29) is 24.1 Å². The van der Waals surface area contributed by atoms with E-state index in [1.165, 1.54) is 7.11 Å². The molecule has 1 aromatic heterocycles. The molecule has 2 fully saturated rings. The van der Waals surface area contributed by atoms with Gasteiger partial charge in [-0.25, -0.2) is 9.48 Å². The molecule has 2 saturated heterocycles. The minimum Gasteiger partial charge on any atom is -0.487 e. The molecule has 2 amide bonds. The average Bonchev–Trinajstić information content (AvgIpc) is 3.41. The summed E-state index contributed by atoms with van der Waals surface area (Å²) in [5, 5.41) is 11.2. The van der Waals surface area contributed by atoms with Crippen LogP contribution in [-0.2, 0) is 14.9 Å². The van der Waals surface area contributed by atoms with Gasteiger partial charge in [-0.2, -0.15) is 0 Å². The number of ether oxygens (including phenoxy) is 2. The molecule has 1 aromatic carbocycles. The number of carbonyl (C=O) groups is 2. The molecule has 4 rings (SSSR count). The van der Waals surface area contributed by atoms with Gasteiger partial charge in [0.05, 0.1) is 31.7 Å². The lowest BCUT2D eigenvalue weighted by Gasteiger charge is -2.40. The Hall–Kier alpha value is -3.17. The second-order valence-electron chi connectivity index (χ2n) is 8.25. The van der Waals surface area contributed by atoms with Crippen molar-refractivity contribution in [2.45, 2.75) is 37.8 Å². The lowest BCUT2D eigenvalue weighted by Crippen LogP contribution is -2.59. The van der Waals surface area contributed by atoms with Crippen LogP contribution in [0.5, 0.6) is 5.75 Å². The molecule has 2 aromatic rings. The predicted octanol–water partition coefficient (Wildman–Crippen LogP) is 1.25. The normalized spacial score (nSPS) is 19.5. The Balaban J connectivity index is 1.30. The van der Waals surface area contributed by atoms with Crippen molar-refractivity contribution >= 4 is 12.0 Å². The van der Waals surface area contributed by atoms with Crippen LogP contribution in [0.15, 0.2) is 30.6 Å². The Morgan fingerprint density at radius 2 is 1.97 bits per heavy atom. The summed E-state index contributed by atoms with van der Waals surface area (Å²) in [4.78, 5) is 28.4. The number of urea groups is 1. The molecule has 0 saturated carbocycles. The number of amides is 2. The predicted molar refractivity (Wildman–Crippen MR) is 106 cm³/mol. The summed E-state index contributed by atoms with van der Waals surface area (Å²) in [6.07, 6.45) is 2.36. The molecule has 30 heavy (non-hydrogen) atoms. The van der Waals surface area contributed by atoms with Gasteiger partial charge < -0.3 is 19.3 Å². The van der Waals surface area contributed by atoms with Crippen molar-refractivity contribution in [1.29, 1.82) is 0 Å². The maximum Gasteiger partial charge on any atom is 0.320 e. The molecule has 0 unspecified atom stereocenters. The third-order valence-corrected chi connectivity index (χ3v) is 5.85. The van der Waals surface area contributed by atoms with E-state index in [4.69, 9.17) is 9.47 Å². The molecule has 160 valence electrons. The van der Waals surface area contributed by atoms with Gasteiger partial charge in [-0.3, -0.25) is 4.79 Å². The standard InChI is InChI=1S/C20H26N6O4/c1-20(2,18(27)29-3)14-5-4-6-16(9-14)30-17-11-25(12-17)19(28)24-8-7-15(10-24)26-13-21-22-23-26/h4-6,9,13,15,17H,7-8,10-12H2,1-3H3/t15-/m0/s1. The number of likely N-dealkylation sites (tertiary alicyclic amines) is 2. The molecular formula is C20H26N6O4. The summed E-state index contributed by atoms with van der Waals surface area (Å²) in [5.74, 6) is 0.382. The number of rotatable bonds is 5. The van der Waals surface area contributed by atoms with Crippen LogP contribution in [-0.4, -0.2) is 81.4 Å². The van der Waals surface area contributed by atoms with E-state index in [0.717, 1.165) is 12.0 Å². The Morgan fingerprint density at radius 1 is 1.17 bits per heavy atom. The van der Waals surface area contributed by atoms with Gasteiger partial charge in [-0.1, -0.05) is 12.1 Å². The molecule has 10 heteroatoms. The van der Waals surface area contributed by atoms with Crippen LogP contribution >= 0.6 is 0 Å². The molecule has 1 atom stereocenters. The van der Waals surface area contributed by atoms with Crippen molar-refractivity contribution in [3.63, 3.8) is 0 Å². The maximum absolute atomic E-state index is 12.7. The first kappa shape index (κ1) is 20.1. The highest BCUT2D eigenvalue weighted by molar-refractivity contribution is 5.82. The number of esters is 1. The highest BCUT2D eigenvalue weighted by atomic mass is 16.5. The van der Waals surface area contributed by atoms with Gasteiger partial charge in [-0.05, 0) is 48.4 Å². The zero-order valence-corrected chi connectivity index (χ0v) is 17.4. The fourth-order valence-corrected chi connectivity index (χ4v) is 3.86. The summed E-state index contributed by atoms with van der Waals surface area (Å²) in [6, 6.07) is 7.61. The van der Waals surface area contributed by atoms with E-state index in [9.17, 15) is 9.59 Å². The van der Waals surface area contributed by atoms with Gasteiger partial charge >= 0.3 is 12.0 Å². The Bertz CT molecular complexity index is 910. The molecule has 3 heterocycles. The van der Waals surface area contributed by atoms with Crippen LogP contribution in [0.25, 0.3) is 0 Å². The molecule has 0 spiro atoms. The molecule has 2 aliphatic rings. The molecule has 2 aliphatic heterocycles. The first-order valence-corrected chi connectivity index (χ1v) is 10.0. The van der Waals surface area contributed by atoms with Crippen LogP contribution in [0.4, 0.5) is 4.79 Å². The Labute approximate surface area is 174 Å². The van der Waals surface area contributed by atoms with Crippen molar-refractivity contribution in [2.75, 3.05) is 33.3 Å². The Kier molecular flexibility index (Phi) is 5.31. The fraction of sp³-hybridized carbons (Fsp3) is 0.550. The second kappa shape index (κ2) is 7.92. The monoisotopic (exact) mass is 414 g/mol. The highest BCUT2D eigenvalue weighted by Gasteiger charge is 2.38. The highest BCUT2D eigenvalue weighted by Crippen LogP contribution is 2.29. The molecule has 10 nitrogen and oxygen atoms in total.